The van der Waals surface area contributed by atoms with E-state index < -0.39 is 6.61 Å². The van der Waals surface area contributed by atoms with E-state index in [1.54, 1.807) is 26.0 Å². The summed E-state index contributed by atoms with van der Waals surface area (Å²) in [5.41, 5.74) is 1.78. The molecule has 7 heteroatoms. The Hall–Kier alpha value is -2.44. The number of aromatic amines is 1. The van der Waals surface area contributed by atoms with Gasteiger partial charge in [0, 0.05) is 5.69 Å². The van der Waals surface area contributed by atoms with Crippen LogP contribution in [0.4, 0.5) is 8.78 Å². The molecule has 0 aliphatic rings. The van der Waals surface area contributed by atoms with E-state index in [2.05, 4.69) is 20.3 Å². The average molecular weight is 295 g/mol. The van der Waals surface area contributed by atoms with Crippen molar-refractivity contribution in [1.82, 2.24) is 15.5 Å². The fourth-order valence-electron chi connectivity index (χ4n) is 1.90. The van der Waals surface area contributed by atoms with Gasteiger partial charge in [0.15, 0.2) is 0 Å². The zero-order chi connectivity index (χ0) is 15.4. The Morgan fingerprint density at radius 2 is 2.19 bits per heavy atom. The predicted octanol–water partition coefficient (Wildman–Crippen LogP) is 2.81. The normalized spacial score (nSPS) is 12.2. The molecular formula is C14H15F2N3O2. The topological polar surface area (TPSA) is 67.0 Å². The highest BCUT2D eigenvalue weighted by Gasteiger charge is 2.15. The molecule has 0 radical (unpaired) electrons. The second-order valence-corrected chi connectivity index (χ2v) is 4.55. The molecule has 0 saturated carbocycles. The van der Waals surface area contributed by atoms with Crippen LogP contribution < -0.4 is 10.1 Å². The molecule has 112 valence electrons. The number of carbonyl (C=O) groups excluding carboxylic acids is 1. The van der Waals surface area contributed by atoms with Crippen LogP contribution >= 0.6 is 0 Å². The number of hydrogen-bond acceptors (Lipinski definition) is 3. The fraction of sp³-hybridized carbons (Fsp3) is 0.286. The van der Waals surface area contributed by atoms with Crippen molar-refractivity contribution in [2.45, 2.75) is 26.5 Å². The number of amides is 1. The third-order valence-electron chi connectivity index (χ3n) is 3.01. The van der Waals surface area contributed by atoms with E-state index in [0.29, 0.717) is 16.8 Å². The Labute approximate surface area is 120 Å². The zero-order valence-corrected chi connectivity index (χ0v) is 11.6. The second-order valence-electron chi connectivity index (χ2n) is 4.55. The van der Waals surface area contributed by atoms with Gasteiger partial charge in [-0.05, 0) is 31.5 Å². The van der Waals surface area contributed by atoms with Crippen molar-refractivity contribution in [1.29, 1.82) is 0 Å². The van der Waals surface area contributed by atoms with Crippen LogP contribution in [0.1, 0.15) is 34.6 Å². The Balaban J connectivity index is 2.08. The molecular weight excluding hydrogens is 280 g/mol. The van der Waals surface area contributed by atoms with Gasteiger partial charge in [0.05, 0.1) is 17.8 Å². The van der Waals surface area contributed by atoms with E-state index in [4.69, 9.17) is 0 Å². The number of hydrogen-bond donors (Lipinski definition) is 2. The lowest BCUT2D eigenvalue weighted by Gasteiger charge is -2.15. The third-order valence-corrected chi connectivity index (χ3v) is 3.01. The Morgan fingerprint density at radius 1 is 1.43 bits per heavy atom. The van der Waals surface area contributed by atoms with Crippen molar-refractivity contribution in [3.8, 4) is 5.75 Å². The van der Waals surface area contributed by atoms with Gasteiger partial charge >= 0.3 is 6.61 Å². The largest absolute Gasteiger partial charge is 0.435 e. The maximum atomic E-state index is 12.2. The van der Waals surface area contributed by atoms with E-state index in [1.807, 2.05) is 0 Å². The minimum Gasteiger partial charge on any atom is -0.435 e. The molecule has 1 aromatic heterocycles. The number of carbonyl (C=O) groups is 1. The number of ether oxygens (including phenoxy) is 1. The summed E-state index contributed by atoms with van der Waals surface area (Å²) >= 11 is 0. The zero-order valence-electron chi connectivity index (χ0n) is 11.6. The Bertz CT molecular complexity index is 628. The first-order valence-corrected chi connectivity index (χ1v) is 6.33. The molecule has 1 unspecified atom stereocenters. The third kappa shape index (κ3) is 3.77. The lowest BCUT2D eigenvalue weighted by atomic mass is 10.1. The van der Waals surface area contributed by atoms with E-state index >= 15 is 0 Å². The fourth-order valence-corrected chi connectivity index (χ4v) is 1.90. The van der Waals surface area contributed by atoms with Crippen molar-refractivity contribution in [2.75, 3.05) is 0 Å². The molecule has 0 fully saturated rings. The van der Waals surface area contributed by atoms with E-state index in [1.165, 1.54) is 18.3 Å². The van der Waals surface area contributed by atoms with Gasteiger partial charge in [-0.1, -0.05) is 12.1 Å². The molecule has 0 aliphatic heterocycles. The monoisotopic (exact) mass is 295 g/mol. The van der Waals surface area contributed by atoms with Crippen molar-refractivity contribution in [3.05, 3.63) is 47.3 Å². The molecule has 2 rings (SSSR count). The van der Waals surface area contributed by atoms with Gasteiger partial charge < -0.3 is 10.1 Å². The molecule has 21 heavy (non-hydrogen) atoms. The van der Waals surface area contributed by atoms with Crippen LogP contribution in [-0.4, -0.2) is 22.7 Å². The van der Waals surface area contributed by atoms with Crippen LogP contribution in [0.2, 0.25) is 0 Å². The minimum atomic E-state index is -2.88. The second kappa shape index (κ2) is 6.34. The number of aryl methyl sites for hydroxylation is 1. The number of rotatable bonds is 5. The molecule has 1 atom stereocenters. The standard InChI is InChI=1S/C14H15F2N3O2/c1-8(18-13(20)12-7-17-19-9(12)2)10-4-3-5-11(6-10)21-14(15)16/h3-8,14H,1-2H3,(H,17,19)(H,18,20). The van der Waals surface area contributed by atoms with Gasteiger partial charge in [-0.2, -0.15) is 13.9 Å². The van der Waals surface area contributed by atoms with E-state index in [9.17, 15) is 13.6 Å². The number of aromatic nitrogens is 2. The molecule has 0 spiro atoms. The lowest BCUT2D eigenvalue weighted by molar-refractivity contribution is -0.0499. The van der Waals surface area contributed by atoms with Crippen LogP contribution in [-0.2, 0) is 0 Å². The summed E-state index contributed by atoms with van der Waals surface area (Å²) in [6.07, 6.45) is 1.44. The summed E-state index contributed by atoms with van der Waals surface area (Å²) in [5.74, 6) is -0.225. The Kier molecular flexibility index (Phi) is 4.52. The molecule has 2 N–H and O–H groups in total. The molecule has 1 aromatic carbocycles. The molecule has 5 nitrogen and oxygen atoms in total. The number of nitrogens with one attached hydrogen (secondary N) is 2. The quantitative estimate of drug-likeness (QED) is 0.891. The highest BCUT2D eigenvalue weighted by molar-refractivity contribution is 5.95. The number of benzene rings is 1. The van der Waals surface area contributed by atoms with Crippen molar-refractivity contribution in [2.24, 2.45) is 0 Å². The van der Waals surface area contributed by atoms with E-state index in [0.717, 1.165) is 0 Å². The predicted molar refractivity (Wildman–Crippen MR) is 72.3 cm³/mol. The molecule has 0 aliphatic carbocycles. The van der Waals surface area contributed by atoms with E-state index in [-0.39, 0.29) is 17.7 Å². The van der Waals surface area contributed by atoms with Gasteiger partial charge in [0.2, 0.25) is 0 Å². The summed E-state index contributed by atoms with van der Waals surface area (Å²) in [6, 6.07) is 5.88. The summed E-state index contributed by atoms with van der Waals surface area (Å²) < 4.78 is 28.7. The van der Waals surface area contributed by atoms with Crippen LogP contribution in [0.25, 0.3) is 0 Å². The minimum absolute atomic E-state index is 0.0584. The number of H-pyrrole nitrogens is 1. The average Bonchev–Trinajstić information content (AvgIpc) is 2.84. The number of alkyl halides is 2. The number of nitrogens with zero attached hydrogens (tertiary/aromatic N) is 1. The van der Waals surface area contributed by atoms with Crippen molar-refractivity contribution in [3.63, 3.8) is 0 Å². The van der Waals surface area contributed by atoms with Gasteiger partial charge in [0.1, 0.15) is 5.75 Å². The highest BCUT2D eigenvalue weighted by atomic mass is 19.3. The number of halogens is 2. The maximum absolute atomic E-state index is 12.2. The SMILES string of the molecule is Cc1[nH]ncc1C(=O)NC(C)c1cccc(OC(F)F)c1. The van der Waals surface area contributed by atoms with Crippen LogP contribution in [0, 0.1) is 6.92 Å². The van der Waals surface area contributed by atoms with Gasteiger partial charge in [-0.25, -0.2) is 0 Å². The molecule has 0 bridgehead atoms. The van der Waals surface area contributed by atoms with Gasteiger partial charge in [-0.15, -0.1) is 0 Å². The van der Waals surface area contributed by atoms with Crippen LogP contribution in [0.3, 0.4) is 0 Å². The Morgan fingerprint density at radius 3 is 2.81 bits per heavy atom. The summed E-state index contributed by atoms with van der Waals surface area (Å²) in [5, 5.41) is 9.24. The molecule has 1 amide bonds. The van der Waals surface area contributed by atoms with Gasteiger partial charge in [0.25, 0.3) is 5.91 Å². The highest BCUT2D eigenvalue weighted by Crippen LogP contribution is 2.21. The molecule has 0 saturated heterocycles. The lowest BCUT2D eigenvalue weighted by Crippen LogP contribution is -2.26. The first-order valence-electron chi connectivity index (χ1n) is 6.33. The van der Waals surface area contributed by atoms with Crippen molar-refractivity contribution < 1.29 is 18.3 Å². The van der Waals surface area contributed by atoms with Gasteiger partial charge in [-0.3, -0.25) is 9.89 Å². The van der Waals surface area contributed by atoms with Crippen LogP contribution in [0.15, 0.2) is 30.5 Å². The maximum Gasteiger partial charge on any atom is 0.387 e. The summed E-state index contributed by atoms with van der Waals surface area (Å²) in [7, 11) is 0. The first kappa shape index (κ1) is 15.0. The van der Waals surface area contributed by atoms with Crippen LogP contribution in [0.5, 0.6) is 5.75 Å². The first-order chi connectivity index (χ1) is 9.97. The summed E-state index contributed by atoms with van der Waals surface area (Å²) in [6.45, 7) is 0.622. The molecule has 2 aromatic rings. The smallest absolute Gasteiger partial charge is 0.387 e. The molecule has 1 heterocycles. The summed E-state index contributed by atoms with van der Waals surface area (Å²) in [4.78, 5) is 12.1. The van der Waals surface area contributed by atoms with Crippen molar-refractivity contribution >= 4 is 5.91 Å².